The van der Waals surface area contributed by atoms with E-state index in [4.69, 9.17) is 4.74 Å². The van der Waals surface area contributed by atoms with Gasteiger partial charge >= 0.3 is 6.18 Å². The van der Waals surface area contributed by atoms with E-state index >= 15 is 0 Å². The van der Waals surface area contributed by atoms with Gasteiger partial charge in [-0.15, -0.1) is 0 Å². The second-order valence-corrected chi connectivity index (χ2v) is 3.28. The Morgan fingerprint density at radius 3 is 2.59 bits per heavy atom. The van der Waals surface area contributed by atoms with Crippen LogP contribution in [0.15, 0.2) is 18.2 Å². The highest BCUT2D eigenvalue weighted by molar-refractivity contribution is 5.77. The summed E-state index contributed by atoms with van der Waals surface area (Å²) in [6.45, 7) is 0.0410. The van der Waals surface area contributed by atoms with E-state index in [2.05, 4.69) is 4.74 Å². The third kappa shape index (κ3) is 3.83. The summed E-state index contributed by atoms with van der Waals surface area (Å²) in [6.07, 6.45) is -4.08. The number of hydrogen-bond donors (Lipinski definition) is 0. The van der Waals surface area contributed by atoms with E-state index in [1.807, 2.05) is 0 Å². The average molecular weight is 248 g/mol. The highest BCUT2D eigenvalue weighted by Gasteiger charge is 2.30. The van der Waals surface area contributed by atoms with Gasteiger partial charge in [-0.25, -0.2) is 0 Å². The van der Waals surface area contributed by atoms with Crippen LogP contribution in [0.1, 0.15) is 21.5 Å². The van der Waals surface area contributed by atoms with Crippen molar-refractivity contribution in [3.63, 3.8) is 0 Å². The molecule has 1 aromatic carbocycles. The van der Waals surface area contributed by atoms with Crippen molar-refractivity contribution < 1.29 is 27.4 Å². The fourth-order valence-corrected chi connectivity index (χ4v) is 1.25. The lowest BCUT2D eigenvalue weighted by Gasteiger charge is -2.10. The molecule has 94 valence electrons. The highest BCUT2D eigenvalue weighted by Crippen LogP contribution is 2.30. The normalized spacial score (nSPS) is 11.5. The van der Waals surface area contributed by atoms with Crippen molar-refractivity contribution in [2.75, 3.05) is 13.9 Å². The van der Waals surface area contributed by atoms with E-state index in [0.717, 1.165) is 12.1 Å². The second-order valence-electron chi connectivity index (χ2n) is 3.28. The molecule has 1 aromatic rings. The molecule has 1 rings (SSSR count). The number of carbonyl (C=O) groups is 1. The molecule has 0 aliphatic heterocycles. The number of rotatable bonds is 5. The molecule has 0 atom stereocenters. The summed E-state index contributed by atoms with van der Waals surface area (Å²) in [7, 11) is 1.42. The molecule has 0 unspecified atom stereocenters. The van der Waals surface area contributed by atoms with Crippen molar-refractivity contribution in [3.05, 3.63) is 34.9 Å². The molecule has 0 saturated heterocycles. The van der Waals surface area contributed by atoms with Crippen LogP contribution in [-0.4, -0.2) is 20.2 Å². The molecule has 17 heavy (non-hydrogen) atoms. The van der Waals surface area contributed by atoms with Gasteiger partial charge in [0.15, 0.2) is 0 Å². The number of aldehydes is 1. The number of carbonyl (C=O) groups excluding carboxylic acids is 1. The summed E-state index contributed by atoms with van der Waals surface area (Å²) in [6, 6.07) is 2.94. The largest absolute Gasteiger partial charge is 0.416 e. The van der Waals surface area contributed by atoms with Crippen LogP contribution in [0.2, 0.25) is 0 Å². The summed E-state index contributed by atoms with van der Waals surface area (Å²) < 4.78 is 46.7. The van der Waals surface area contributed by atoms with E-state index in [1.54, 1.807) is 0 Å². The van der Waals surface area contributed by atoms with Gasteiger partial charge in [0.2, 0.25) is 0 Å². The zero-order valence-electron chi connectivity index (χ0n) is 9.08. The molecule has 6 heteroatoms. The first-order valence-corrected chi connectivity index (χ1v) is 4.71. The first-order chi connectivity index (χ1) is 7.99. The SMILES string of the molecule is COCOCc1ccc(C(F)(F)F)cc1C=O. The minimum atomic E-state index is -4.45. The number of alkyl halides is 3. The van der Waals surface area contributed by atoms with Gasteiger partial charge in [-0.1, -0.05) is 6.07 Å². The van der Waals surface area contributed by atoms with Crippen LogP contribution in [0.3, 0.4) is 0 Å². The van der Waals surface area contributed by atoms with Gasteiger partial charge < -0.3 is 9.47 Å². The van der Waals surface area contributed by atoms with E-state index in [-0.39, 0.29) is 19.0 Å². The standard InChI is InChI=1S/C11H11F3O3/c1-16-7-17-6-8-2-3-10(11(12,13)14)4-9(8)5-15/h2-5H,6-7H2,1H3. The zero-order chi connectivity index (χ0) is 12.9. The molecular weight excluding hydrogens is 237 g/mol. The van der Waals surface area contributed by atoms with E-state index in [1.165, 1.54) is 13.2 Å². The Kier molecular flexibility index (Phi) is 4.65. The van der Waals surface area contributed by atoms with Crippen molar-refractivity contribution >= 4 is 6.29 Å². The molecule has 0 radical (unpaired) electrons. The van der Waals surface area contributed by atoms with Gasteiger partial charge in [-0.05, 0) is 17.7 Å². The average Bonchev–Trinajstić information content (AvgIpc) is 2.28. The predicted octanol–water partition coefficient (Wildman–Crippen LogP) is 2.64. The minimum absolute atomic E-state index is 0.0132. The van der Waals surface area contributed by atoms with Crippen LogP contribution in [0, 0.1) is 0 Å². The number of benzene rings is 1. The third-order valence-corrected chi connectivity index (χ3v) is 2.06. The Balaban J connectivity index is 2.90. The van der Waals surface area contributed by atoms with Crippen molar-refractivity contribution in [1.29, 1.82) is 0 Å². The van der Waals surface area contributed by atoms with Crippen molar-refractivity contribution in [1.82, 2.24) is 0 Å². The Labute approximate surface area is 96.1 Å². The number of hydrogen-bond acceptors (Lipinski definition) is 3. The van der Waals surface area contributed by atoms with Crippen molar-refractivity contribution in [2.24, 2.45) is 0 Å². The molecule has 0 bridgehead atoms. The van der Waals surface area contributed by atoms with E-state index in [9.17, 15) is 18.0 Å². The van der Waals surface area contributed by atoms with Gasteiger partial charge in [-0.2, -0.15) is 13.2 Å². The molecule has 0 spiro atoms. The van der Waals surface area contributed by atoms with Crippen molar-refractivity contribution in [2.45, 2.75) is 12.8 Å². The number of ether oxygens (including phenoxy) is 2. The molecule has 3 nitrogen and oxygen atoms in total. The maximum absolute atomic E-state index is 12.4. The predicted molar refractivity (Wildman–Crippen MR) is 53.5 cm³/mol. The first kappa shape index (κ1) is 13.7. The fourth-order valence-electron chi connectivity index (χ4n) is 1.25. The smallest absolute Gasteiger partial charge is 0.359 e. The Morgan fingerprint density at radius 2 is 2.06 bits per heavy atom. The highest BCUT2D eigenvalue weighted by atomic mass is 19.4. The maximum atomic E-state index is 12.4. The lowest BCUT2D eigenvalue weighted by molar-refractivity contribution is -0.137. The van der Waals surface area contributed by atoms with Crippen LogP contribution in [-0.2, 0) is 22.3 Å². The number of halogens is 3. The third-order valence-electron chi connectivity index (χ3n) is 2.06. The van der Waals surface area contributed by atoms with Gasteiger partial charge in [0.05, 0.1) is 12.2 Å². The molecule has 0 aliphatic carbocycles. The molecule has 0 N–H and O–H groups in total. The minimum Gasteiger partial charge on any atom is -0.359 e. The summed E-state index contributed by atoms with van der Waals surface area (Å²) in [5.41, 5.74) is -0.490. The Morgan fingerprint density at radius 1 is 1.35 bits per heavy atom. The van der Waals surface area contributed by atoms with Gasteiger partial charge in [0, 0.05) is 12.7 Å². The molecule has 0 aromatic heterocycles. The molecule has 0 aliphatic rings. The van der Waals surface area contributed by atoms with Crippen LogP contribution in [0.25, 0.3) is 0 Å². The van der Waals surface area contributed by atoms with Crippen molar-refractivity contribution in [3.8, 4) is 0 Å². The summed E-state index contributed by atoms with van der Waals surface area (Å²) in [4.78, 5) is 10.7. The molecular formula is C11H11F3O3. The second kappa shape index (κ2) is 5.79. The molecule has 0 saturated carbocycles. The maximum Gasteiger partial charge on any atom is 0.416 e. The molecule has 0 heterocycles. The zero-order valence-corrected chi connectivity index (χ0v) is 9.08. The van der Waals surface area contributed by atoms with Gasteiger partial charge in [0.1, 0.15) is 13.1 Å². The van der Waals surface area contributed by atoms with Crippen LogP contribution in [0.5, 0.6) is 0 Å². The van der Waals surface area contributed by atoms with Gasteiger partial charge in [0.25, 0.3) is 0 Å². The topological polar surface area (TPSA) is 35.5 Å². The summed E-state index contributed by atoms with van der Waals surface area (Å²) in [5.74, 6) is 0. The van der Waals surface area contributed by atoms with Crippen LogP contribution >= 0.6 is 0 Å². The van der Waals surface area contributed by atoms with Gasteiger partial charge in [-0.3, -0.25) is 4.79 Å². The first-order valence-electron chi connectivity index (χ1n) is 4.71. The Bertz CT molecular complexity index is 388. The number of methoxy groups -OCH3 is 1. The van der Waals surface area contributed by atoms with E-state index < -0.39 is 11.7 Å². The lowest BCUT2D eigenvalue weighted by Crippen LogP contribution is -2.07. The summed E-state index contributed by atoms with van der Waals surface area (Å²) >= 11 is 0. The van der Waals surface area contributed by atoms with Crippen LogP contribution < -0.4 is 0 Å². The Hall–Kier alpha value is -1.40. The molecule has 0 amide bonds. The monoisotopic (exact) mass is 248 g/mol. The molecule has 0 fully saturated rings. The summed E-state index contributed by atoms with van der Waals surface area (Å²) in [5, 5.41) is 0. The fraction of sp³-hybridized carbons (Fsp3) is 0.364. The quantitative estimate of drug-likeness (QED) is 0.456. The lowest BCUT2D eigenvalue weighted by atomic mass is 10.1. The van der Waals surface area contributed by atoms with E-state index in [0.29, 0.717) is 11.8 Å². The van der Waals surface area contributed by atoms with Crippen LogP contribution in [0.4, 0.5) is 13.2 Å².